The van der Waals surface area contributed by atoms with Crippen LogP contribution < -0.4 is 4.90 Å². The molecule has 1 aromatic carbocycles. The molecule has 1 aromatic rings. The summed E-state index contributed by atoms with van der Waals surface area (Å²) in [6.45, 7) is 8.15. The van der Waals surface area contributed by atoms with E-state index in [9.17, 15) is 4.79 Å². The summed E-state index contributed by atoms with van der Waals surface area (Å²) < 4.78 is 0. The number of amides is 1. The molecule has 0 N–H and O–H groups in total. The van der Waals surface area contributed by atoms with Gasteiger partial charge in [-0.15, -0.1) is 0 Å². The molecule has 1 heterocycles. The van der Waals surface area contributed by atoms with Gasteiger partial charge in [-0.05, 0) is 31.6 Å². The van der Waals surface area contributed by atoms with Crippen molar-refractivity contribution in [2.75, 3.05) is 26.0 Å². The summed E-state index contributed by atoms with van der Waals surface area (Å²) in [5, 5.41) is 0. The van der Waals surface area contributed by atoms with Crippen LogP contribution in [0.25, 0.3) is 5.57 Å². The summed E-state index contributed by atoms with van der Waals surface area (Å²) in [5.74, 6) is 0.00139. The molecule has 0 radical (unpaired) electrons. The standard InChI is InChI=1S/C16H20N2O/c1-10-7-8-14-13(9-10)11(2)15(12(3)18(14)6)16(19)17(4)5/h7-9H,2H2,1,3-6H3. The van der Waals surface area contributed by atoms with Crippen LogP contribution in [0, 0.1) is 6.92 Å². The van der Waals surface area contributed by atoms with Gasteiger partial charge < -0.3 is 9.80 Å². The summed E-state index contributed by atoms with van der Waals surface area (Å²) in [6.07, 6.45) is 0. The lowest BCUT2D eigenvalue weighted by atomic mass is 9.90. The molecule has 1 amide bonds. The molecule has 0 spiro atoms. The Labute approximate surface area is 114 Å². The SMILES string of the molecule is C=C1C(C(=O)N(C)C)=C(C)N(C)c2ccc(C)cc21. The number of benzene rings is 1. The molecule has 1 aliphatic heterocycles. The topological polar surface area (TPSA) is 23.6 Å². The highest BCUT2D eigenvalue weighted by Gasteiger charge is 2.28. The van der Waals surface area contributed by atoms with Crippen molar-refractivity contribution in [3.63, 3.8) is 0 Å². The Bertz CT molecular complexity index is 597. The van der Waals surface area contributed by atoms with Crippen LogP contribution in [-0.4, -0.2) is 32.0 Å². The zero-order chi connectivity index (χ0) is 14.3. The first-order valence-electron chi connectivity index (χ1n) is 6.31. The number of hydrogen-bond acceptors (Lipinski definition) is 2. The highest BCUT2D eigenvalue weighted by atomic mass is 16.2. The molecular formula is C16H20N2O. The van der Waals surface area contributed by atoms with E-state index in [0.29, 0.717) is 5.57 Å². The lowest BCUT2D eigenvalue weighted by Gasteiger charge is -2.33. The van der Waals surface area contributed by atoms with Crippen molar-refractivity contribution >= 4 is 17.2 Å². The van der Waals surface area contributed by atoms with Crippen molar-refractivity contribution in [2.24, 2.45) is 0 Å². The predicted molar refractivity (Wildman–Crippen MR) is 80.0 cm³/mol. The number of likely N-dealkylation sites (N-methyl/N-ethyl adjacent to an activating group) is 1. The van der Waals surface area contributed by atoms with Gasteiger partial charge in [-0.2, -0.15) is 0 Å². The Morgan fingerprint density at radius 3 is 2.47 bits per heavy atom. The second kappa shape index (κ2) is 4.57. The summed E-state index contributed by atoms with van der Waals surface area (Å²) in [4.78, 5) is 16.0. The average Bonchev–Trinajstić information content (AvgIpc) is 2.36. The molecule has 3 heteroatoms. The number of fused-ring (bicyclic) bond motifs is 1. The number of carbonyl (C=O) groups is 1. The van der Waals surface area contributed by atoms with Gasteiger partial charge in [0.15, 0.2) is 0 Å². The number of allylic oxidation sites excluding steroid dienone is 1. The molecule has 0 saturated carbocycles. The van der Waals surface area contributed by atoms with Crippen molar-refractivity contribution < 1.29 is 4.79 Å². The third-order valence-electron chi connectivity index (χ3n) is 3.63. The fraction of sp³-hybridized carbons (Fsp3) is 0.312. The summed E-state index contributed by atoms with van der Waals surface area (Å²) >= 11 is 0. The van der Waals surface area contributed by atoms with E-state index in [1.807, 2.05) is 20.9 Å². The van der Waals surface area contributed by atoms with Crippen molar-refractivity contribution in [2.45, 2.75) is 13.8 Å². The Morgan fingerprint density at radius 2 is 1.89 bits per heavy atom. The molecule has 0 atom stereocenters. The molecule has 0 bridgehead atoms. The number of anilines is 1. The van der Waals surface area contributed by atoms with E-state index in [1.165, 1.54) is 5.56 Å². The number of nitrogens with zero attached hydrogens (tertiary/aromatic N) is 2. The smallest absolute Gasteiger partial charge is 0.255 e. The minimum atomic E-state index is 0.00139. The van der Waals surface area contributed by atoms with Gasteiger partial charge >= 0.3 is 0 Å². The van der Waals surface area contributed by atoms with Crippen LogP contribution >= 0.6 is 0 Å². The molecule has 1 aliphatic rings. The molecule has 2 rings (SSSR count). The lowest BCUT2D eigenvalue weighted by molar-refractivity contribution is -0.124. The fourth-order valence-corrected chi connectivity index (χ4v) is 2.39. The first-order valence-corrected chi connectivity index (χ1v) is 6.31. The molecule has 0 fully saturated rings. The van der Waals surface area contributed by atoms with E-state index in [0.717, 1.165) is 22.5 Å². The van der Waals surface area contributed by atoms with Crippen molar-refractivity contribution in [1.29, 1.82) is 0 Å². The molecule has 0 unspecified atom stereocenters. The van der Waals surface area contributed by atoms with Gasteiger partial charge in [-0.25, -0.2) is 0 Å². The molecule has 0 aromatic heterocycles. The molecule has 19 heavy (non-hydrogen) atoms. The quantitative estimate of drug-likeness (QED) is 0.771. The first-order chi connectivity index (χ1) is 8.84. The zero-order valence-corrected chi connectivity index (χ0v) is 12.2. The second-order valence-corrected chi connectivity index (χ2v) is 5.22. The van der Waals surface area contributed by atoms with Crippen LogP contribution in [0.15, 0.2) is 36.0 Å². The third-order valence-corrected chi connectivity index (χ3v) is 3.63. The number of aryl methyl sites for hydroxylation is 1. The average molecular weight is 256 g/mol. The van der Waals surface area contributed by atoms with Gasteiger partial charge in [0.1, 0.15) is 0 Å². The van der Waals surface area contributed by atoms with Gasteiger partial charge in [0, 0.05) is 38.1 Å². The largest absolute Gasteiger partial charge is 0.347 e. The Morgan fingerprint density at radius 1 is 1.26 bits per heavy atom. The van der Waals surface area contributed by atoms with Crippen molar-refractivity contribution in [3.8, 4) is 0 Å². The maximum Gasteiger partial charge on any atom is 0.255 e. The maximum atomic E-state index is 12.3. The van der Waals surface area contributed by atoms with Gasteiger partial charge in [-0.3, -0.25) is 4.79 Å². The highest BCUT2D eigenvalue weighted by molar-refractivity contribution is 6.12. The predicted octanol–water partition coefficient (Wildman–Crippen LogP) is 2.82. The third kappa shape index (κ3) is 2.05. The molecule has 0 saturated heterocycles. The molecule has 3 nitrogen and oxygen atoms in total. The van der Waals surface area contributed by atoms with Crippen molar-refractivity contribution in [1.82, 2.24) is 4.90 Å². The zero-order valence-electron chi connectivity index (χ0n) is 12.2. The Balaban J connectivity index is 2.62. The number of rotatable bonds is 1. The Hall–Kier alpha value is -2.03. The molecule has 0 aliphatic carbocycles. The first kappa shape index (κ1) is 13.4. The second-order valence-electron chi connectivity index (χ2n) is 5.22. The van der Waals surface area contributed by atoms with Crippen LogP contribution in [-0.2, 0) is 4.79 Å². The van der Waals surface area contributed by atoms with Crippen molar-refractivity contribution in [3.05, 3.63) is 47.2 Å². The van der Waals surface area contributed by atoms with Crippen LogP contribution in [0.5, 0.6) is 0 Å². The van der Waals surface area contributed by atoms with Gasteiger partial charge in [0.05, 0.1) is 5.57 Å². The number of hydrogen-bond donors (Lipinski definition) is 0. The van der Waals surface area contributed by atoms with Gasteiger partial charge in [0.2, 0.25) is 0 Å². The van der Waals surface area contributed by atoms with Crippen LogP contribution in [0.1, 0.15) is 18.1 Å². The maximum absolute atomic E-state index is 12.3. The van der Waals surface area contributed by atoms with E-state index >= 15 is 0 Å². The minimum Gasteiger partial charge on any atom is -0.347 e. The normalized spacial score (nSPS) is 14.6. The van der Waals surface area contributed by atoms with Crippen LogP contribution in [0.3, 0.4) is 0 Å². The van der Waals surface area contributed by atoms with Crippen LogP contribution in [0.2, 0.25) is 0 Å². The monoisotopic (exact) mass is 256 g/mol. The van der Waals surface area contributed by atoms with E-state index in [1.54, 1.807) is 19.0 Å². The lowest BCUT2D eigenvalue weighted by Crippen LogP contribution is -2.31. The number of carbonyl (C=O) groups excluding carboxylic acids is 1. The van der Waals surface area contributed by atoms with E-state index in [2.05, 4.69) is 29.7 Å². The Kier molecular flexibility index (Phi) is 3.23. The van der Waals surface area contributed by atoms with E-state index in [-0.39, 0.29) is 5.91 Å². The molecule has 100 valence electrons. The van der Waals surface area contributed by atoms with Crippen LogP contribution in [0.4, 0.5) is 5.69 Å². The van der Waals surface area contributed by atoms with E-state index in [4.69, 9.17) is 0 Å². The van der Waals surface area contributed by atoms with Gasteiger partial charge in [0.25, 0.3) is 5.91 Å². The summed E-state index contributed by atoms with van der Waals surface area (Å²) in [7, 11) is 5.52. The van der Waals surface area contributed by atoms with E-state index < -0.39 is 0 Å². The molecular weight excluding hydrogens is 236 g/mol. The fourth-order valence-electron chi connectivity index (χ4n) is 2.39. The van der Waals surface area contributed by atoms with Gasteiger partial charge in [-0.1, -0.05) is 18.2 Å². The summed E-state index contributed by atoms with van der Waals surface area (Å²) in [6, 6.07) is 6.24. The highest BCUT2D eigenvalue weighted by Crippen LogP contribution is 2.39. The minimum absolute atomic E-state index is 0.00139. The summed E-state index contributed by atoms with van der Waals surface area (Å²) in [5.41, 5.74) is 5.77.